The molecule has 1 saturated heterocycles. The highest BCUT2D eigenvalue weighted by atomic mass is 19.4. The molecule has 3 heterocycles. The molecule has 1 fully saturated rings. The Kier molecular flexibility index (Phi) is 9.50. The predicted octanol–water partition coefficient (Wildman–Crippen LogP) is 3.37. The molecule has 0 unspecified atom stereocenters. The number of alkyl halides is 3. The van der Waals surface area contributed by atoms with Crippen LogP contribution in [0.25, 0.3) is 0 Å². The highest BCUT2D eigenvalue weighted by molar-refractivity contribution is 5.93. The van der Waals surface area contributed by atoms with Crippen LogP contribution in [0.5, 0.6) is 0 Å². The molecule has 15 heteroatoms. The number of H-pyrrole nitrogens is 1. The quantitative estimate of drug-likeness (QED) is 0.228. The van der Waals surface area contributed by atoms with Crippen molar-refractivity contribution in [2.75, 3.05) is 45.9 Å². The van der Waals surface area contributed by atoms with E-state index in [-0.39, 0.29) is 29.4 Å². The molecular weight excluding hydrogens is 597 g/mol. The van der Waals surface area contributed by atoms with Gasteiger partial charge in [-0.15, -0.1) is 5.10 Å². The van der Waals surface area contributed by atoms with E-state index in [0.717, 1.165) is 17.7 Å². The molecular formula is C30H32F3N6O6+. The maximum absolute atomic E-state index is 13.6. The lowest BCUT2D eigenvalue weighted by Crippen LogP contribution is -2.59. The SMILES string of the molecule is COC(=O)C1=C(C)N(c2cccc(C(F)(F)F)c2)c2n[nH]c(=O)n2[C@@H]1c1ccc(C#N)cc1CC[N+](C)(C)C1COC1.O=CO. The van der Waals surface area contributed by atoms with Crippen LogP contribution in [0.15, 0.2) is 58.5 Å². The van der Waals surface area contributed by atoms with Gasteiger partial charge in [0.25, 0.3) is 6.47 Å². The topological polar surface area (TPSA) is 151 Å². The molecule has 0 saturated carbocycles. The lowest BCUT2D eigenvalue weighted by atomic mass is 9.88. The number of allylic oxidation sites excluding steroid dienone is 1. The largest absolute Gasteiger partial charge is 0.483 e. The molecule has 45 heavy (non-hydrogen) atoms. The number of halogens is 3. The zero-order valence-corrected chi connectivity index (χ0v) is 25.0. The minimum absolute atomic E-state index is 0.00696. The average molecular weight is 630 g/mol. The number of methoxy groups -OCH3 is 1. The van der Waals surface area contributed by atoms with Gasteiger partial charge in [-0.05, 0) is 48.4 Å². The van der Waals surface area contributed by atoms with E-state index in [4.69, 9.17) is 19.4 Å². The highest BCUT2D eigenvalue weighted by Gasteiger charge is 2.41. The van der Waals surface area contributed by atoms with E-state index in [1.54, 1.807) is 25.1 Å². The van der Waals surface area contributed by atoms with Crippen molar-refractivity contribution in [3.63, 3.8) is 0 Å². The number of nitriles is 1. The number of hydrogen-bond donors (Lipinski definition) is 2. The normalized spacial score (nSPS) is 16.6. The van der Waals surface area contributed by atoms with Gasteiger partial charge in [0.2, 0.25) is 5.95 Å². The van der Waals surface area contributed by atoms with Crippen molar-refractivity contribution < 1.29 is 41.8 Å². The van der Waals surface area contributed by atoms with Crippen molar-refractivity contribution in [2.24, 2.45) is 0 Å². The van der Waals surface area contributed by atoms with Crippen molar-refractivity contribution in [1.82, 2.24) is 14.8 Å². The van der Waals surface area contributed by atoms with Crippen LogP contribution in [0.3, 0.4) is 0 Å². The fraction of sp³-hybridized carbons (Fsp3) is 0.367. The number of anilines is 2. The van der Waals surface area contributed by atoms with Crippen molar-refractivity contribution >= 4 is 24.1 Å². The van der Waals surface area contributed by atoms with Crippen molar-refractivity contribution in [2.45, 2.75) is 31.6 Å². The number of ether oxygens (including phenoxy) is 2. The molecule has 2 aromatic carbocycles. The Bertz CT molecular complexity index is 1720. The molecule has 0 amide bonds. The molecule has 2 N–H and O–H groups in total. The van der Waals surface area contributed by atoms with E-state index in [1.165, 1.54) is 28.7 Å². The molecule has 0 spiro atoms. The van der Waals surface area contributed by atoms with E-state index in [9.17, 15) is 28.0 Å². The second kappa shape index (κ2) is 13.0. The number of carboxylic acid groups (broad SMARTS) is 1. The minimum atomic E-state index is -4.61. The third kappa shape index (κ3) is 6.47. The van der Waals surface area contributed by atoms with Gasteiger partial charge in [0.15, 0.2) is 0 Å². The summed E-state index contributed by atoms with van der Waals surface area (Å²) < 4.78 is 53.2. The van der Waals surface area contributed by atoms with E-state index >= 15 is 0 Å². The standard InChI is InChI=1S/C29H29F3N6O4.CH2O2/c1-17-24(26(39)41-4)25(23-9-8-18(14-33)12-19(23)10-11-38(2,3)22-15-42-16-22)37-27(34-35-28(37)40)36(17)21-7-5-6-20(13-21)29(30,31)32;2-1-3/h5-9,12-13,22,25H,10-11,15-16H2,1-4H3;1H,(H,2,3)/p+1/t25-;/m1./s1. The second-order valence-corrected chi connectivity index (χ2v) is 11.0. The van der Waals surface area contributed by atoms with Crippen molar-refractivity contribution in [1.29, 1.82) is 5.26 Å². The van der Waals surface area contributed by atoms with Crippen LogP contribution >= 0.6 is 0 Å². The van der Waals surface area contributed by atoms with E-state index in [2.05, 4.69) is 30.4 Å². The van der Waals surface area contributed by atoms with Gasteiger partial charge in [-0.1, -0.05) is 12.1 Å². The smallest absolute Gasteiger partial charge is 0.416 e. The maximum atomic E-state index is 13.6. The predicted molar refractivity (Wildman–Crippen MR) is 154 cm³/mol. The average Bonchev–Trinajstić information content (AvgIpc) is 3.34. The Labute approximate surface area is 256 Å². The van der Waals surface area contributed by atoms with Gasteiger partial charge in [0.1, 0.15) is 25.3 Å². The molecule has 2 aliphatic rings. The lowest BCUT2D eigenvalue weighted by molar-refractivity contribution is -0.924. The van der Waals surface area contributed by atoms with Gasteiger partial charge < -0.3 is 19.1 Å². The number of nitrogens with zero attached hydrogens (tertiary/aromatic N) is 5. The zero-order valence-electron chi connectivity index (χ0n) is 25.0. The molecule has 1 aromatic heterocycles. The molecule has 2 aliphatic heterocycles. The number of carbonyl (C=O) groups is 2. The Morgan fingerprint density at radius 3 is 2.53 bits per heavy atom. The number of nitrogens with one attached hydrogen (secondary N) is 1. The number of rotatable bonds is 7. The number of aromatic nitrogens is 3. The number of hydrogen-bond acceptors (Lipinski definition) is 8. The van der Waals surface area contributed by atoms with Crippen LogP contribution in [-0.2, 0) is 31.7 Å². The first-order chi connectivity index (χ1) is 21.3. The molecule has 1 atom stereocenters. The van der Waals surface area contributed by atoms with Crippen LogP contribution in [0, 0.1) is 11.3 Å². The summed E-state index contributed by atoms with van der Waals surface area (Å²) in [6, 6.07) is 11.0. The van der Waals surface area contributed by atoms with Gasteiger partial charge in [0, 0.05) is 17.8 Å². The Hall–Kier alpha value is -4.94. The maximum Gasteiger partial charge on any atom is 0.416 e. The summed E-state index contributed by atoms with van der Waals surface area (Å²) in [5.74, 6) is -0.751. The number of quaternary nitrogens is 1. The van der Waals surface area contributed by atoms with Gasteiger partial charge in [-0.25, -0.2) is 19.3 Å². The molecule has 0 bridgehead atoms. The number of aromatic amines is 1. The zero-order chi connectivity index (χ0) is 33.1. The van der Waals surface area contributed by atoms with Gasteiger partial charge in [0.05, 0.1) is 50.5 Å². The van der Waals surface area contributed by atoms with Crippen LogP contribution in [-0.4, -0.2) is 83.8 Å². The van der Waals surface area contributed by atoms with Crippen molar-refractivity contribution in [3.8, 4) is 6.07 Å². The fourth-order valence-corrected chi connectivity index (χ4v) is 5.46. The number of carbonyl (C=O) groups excluding carboxylic acids is 1. The summed E-state index contributed by atoms with van der Waals surface area (Å²) in [7, 11) is 5.39. The summed E-state index contributed by atoms with van der Waals surface area (Å²) in [6.07, 6.45) is -4.10. The van der Waals surface area contributed by atoms with E-state index < -0.39 is 29.4 Å². The van der Waals surface area contributed by atoms with Crippen LogP contribution in [0.2, 0.25) is 0 Å². The summed E-state index contributed by atoms with van der Waals surface area (Å²) >= 11 is 0. The van der Waals surface area contributed by atoms with Gasteiger partial charge in [-0.3, -0.25) is 9.69 Å². The monoisotopic (exact) mass is 629 g/mol. The van der Waals surface area contributed by atoms with Crippen LogP contribution in [0.1, 0.15) is 35.2 Å². The number of fused-ring (bicyclic) bond motifs is 1. The molecule has 5 rings (SSSR count). The summed E-state index contributed by atoms with van der Waals surface area (Å²) in [5.41, 5.74) is 0.522. The number of likely N-dealkylation sites (N-methyl/N-ethyl adjacent to an activating group) is 1. The first-order valence-electron chi connectivity index (χ1n) is 13.7. The van der Waals surface area contributed by atoms with Gasteiger partial charge in [-0.2, -0.15) is 18.4 Å². The number of esters is 1. The summed E-state index contributed by atoms with van der Waals surface area (Å²) in [5, 5.41) is 23.1. The first kappa shape index (κ1) is 33.0. The van der Waals surface area contributed by atoms with Gasteiger partial charge >= 0.3 is 17.8 Å². The summed E-state index contributed by atoms with van der Waals surface area (Å²) in [4.78, 5) is 36.4. The Balaban J connectivity index is 0.00000148. The van der Waals surface area contributed by atoms with Crippen molar-refractivity contribution in [3.05, 3.63) is 86.5 Å². The summed E-state index contributed by atoms with van der Waals surface area (Å²) in [6.45, 7) is 3.30. The number of benzene rings is 2. The molecule has 0 aliphatic carbocycles. The van der Waals surface area contributed by atoms with E-state index in [0.29, 0.717) is 47.8 Å². The molecule has 0 radical (unpaired) electrons. The molecule has 238 valence electrons. The minimum Gasteiger partial charge on any atom is -0.483 e. The Morgan fingerprint density at radius 2 is 1.96 bits per heavy atom. The van der Waals surface area contributed by atoms with Crippen LogP contribution < -0.4 is 10.6 Å². The third-order valence-electron chi connectivity index (χ3n) is 8.11. The lowest BCUT2D eigenvalue weighted by Gasteiger charge is -2.42. The fourth-order valence-electron chi connectivity index (χ4n) is 5.46. The molecule has 3 aromatic rings. The first-order valence-corrected chi connectivity index (χ1v) is 13.7. The van der Waals surface area contributed by atoms with Crippen LogP contribution in [0.4, 0.5) is 24.8 Å². The Morgan fingerprint density at radius 1 is 1.27 bits per heavy atom. The third-order valence-corrected chi connectivity index (χ3v) is 8.11. The second-order valence-electron chi connectivity index (χ2n) is 11.0. The van der Waals surface area contributed by atoms with E-state index in [1.807, 2.05) is 0 Å². The highest BCUT2D eigenvalue weighted by Crippen LogP contribution is 2.43. The molecule has 12 nitrogen and oxygen atoms in total.